The molecule has 0 bridgehead atoms. The zero-order valence-corrected chi connectivity index (χ0v) is 11.9. The molecule has 17 heavy (non-hydrogen) atoms. The van der Waals surface area contributed by atoms with Crippen LogP contribution in [0.25, 0.3) is 0 Å². The number of anilines is 1. The highest BCUT2D eigenvalue weighted by molar-refractivity contribution is 5.87. The largest absolute Gasteiger partial charge is 0.364 e. The van der Waals surface area contributed by atoms with Gasteiger partial charge in [0, 0.05) is 19.2 Å². The molecular formula is C15H25NO. The minimum Gasteiger partial charge on any atom is -0.364 e. The Balaban J connectivity index is 0.000000581. The van der Waals surface area contributed by atoms with Crippen LogP contribution in [0, 0.1) is 0 Å². The Hall–Kier alpha value is -1.31. The monoisotopic (exact) mass is 235 g/mol. The first-order chi connectivity index (χ1) is 8.20. The van der Waals surface area contributed by atoms with Gasteiger partial charge in [-0.25, -0.2) is 0 Å². The molecule has 2 nitrogen and oxygen atoms in total. The smallest absolute Gasteiger partial charge is 0.152 e. The lowest BCUT2D eigenvalue weighted by atomic mass is 10.1. The Morgan fingerprint density at radius 3 is 2.18 bits per heavy atom. The summed E-state index contributed by atoms with van der Waals surface area (Å²) in [6.07, 6.45) is 0.863. The molecule has 1 aliphatic rings. The molecule has 0 radical (unpaired) electrons. The summed E-state index contributed by atoms with van der Waals surface area (Å²) in [4.78, 5) is 13.4. The molecule has 0 saturated carbocycles. The van der Waals surface area contributed by atoms with Crippen molar-refractivity contribution >= 4 is 11.5 Å². The molecule has 2 rings (SSSR count). The van der Waals surface area contributed by atoms with Gasteiger partial charge < -0.3 is 4.90 Å². The topological polar surface area (TPSA) is 20.3 Å². The first kappa shape index (κ1) is 15.7. The third kappa shape index (κ3) is 3.58. The number of benzene rings is 1. The Morgan fingerprint density at radius 2 is 1.71 bits per heavy atom. The van der Waals surface area contributed by atoms with E-state index < -0.39 is 0 Å². The number of hydrogen-bond acceptors (Lipinski definition) is 2. The average Bonchev–Trinajstić information content (AvgIpc) is 2.73. The van der Waals surface area contributed by atoms with Gasteiger partial charge in [0.15, 0.2) is 5.78 Å². The van der Waals surface area contributed by atoms with Gasteiger partial charge in [0.1, 0.15) is 0 Å². The van der Waals surface area contributed by atoms with Crippen molar-refractivity contribution in [1.82, 2.24) is 0 Å². The molecule has 1 atom stereocenters. The molecule has 1 unspecified atom stereocenters. The number of fused-ring (bicyclic) bond motifs is 1. The van der Waals surface area contributed by atoms with E-state index in [0.29, 0.717) is 0 Å². The first-order valence-corrected chi connectivity index (χ1v) is 6.51. The maximum atomic E-state index is 11.3. The number of carbonyl (C=O) groups excluding carboxylic acids is 1. The fourth-order valence-corrected chi connectivity index (χ4v) is 1.96. The lowest BCUT2D eigenvalue weighted by Gasteiger charge is -2.19. The van der Waals surface area contributed by atoms with Gasteiger partial charge in [0.05, 0.1) is 6.04 Å². The van der Waals surface area contributed by atoms with Crippen LogP contribution in [0.4, 0.5) is 5.69 Å². The van der Waals surface area contributed by atoms with Crippen LogP contribution in [0.3, 0.4) is 0 Å². The second kappa shape index (κ2) is 7.88. The van der Waals surface area contributed by atoms with Crippen LogP contribution in [0.5, 0.6) is 0 Å². The molecule has 1 heterocycles. The Morgan fingerprint density at radius 1 is 1.18 bits per heavy atom. The third-order valence-corrected chi connectivity index (χ3v) is 2.72. The molecule has 0 N–H and O–H groups in total. The predicted molar refractivity (Wildman–Crippen MR) is 75.7 cm³/mol. The standard InChI is InChI=1S/C11H13NO.2C2H6/c1-8(13)11-7-9-5-3-4-6-10(9)12(11)2;2*1-2/h3-6,11H,7H2,1-2H3;2*1-2H3. The highest BCUT2D eigenvalue weighted by atomic mass is 16.1. The van der Waals surface area contributed by atoms with Crippen molar-refractivity contribution in [3.63, 3.8) is 0 Å². The van der Waals surface area contributed by atoms with E-state index in [-0.39, 0.29) is 11.8 Å². The number of ketones is 1. The molecule has 0 saturated heterocycles. The molecule has 1 aromatic carbocycles. The highest BCUT2D eigenvalue weighted by Gasteiger charge is 2.28. The molecule has 1 aromatic rings. The van der Waals surface area contributed by atoms with Crippen molar-refractivity contribution in [2.75, 3.05) is 11.9 Å². The second-order valence-electron chi connectivity index (χ2n) is 3.57. The number of likely N-dealkylation sites (N-methyl/N-ethyl adjacent to an activating group) is 1. The molecule has 0 aromatic heterocycles. The van der Waals surface area contributed by atoms with Gasteiger partial charge in [0.25, 0.3) is 0 Å². The molecule has 1 aliphatic heterocycles. The van der Waals surface area contributed by atoms with Gasteiger partial charge in [-0.3, -0.25) is 4.79 Å². The lowest BCUT2D eigenvalue weighted by Crippen LogP contribution is -2.33. The van der Waals surface area contributed by atoms with E-state index in [1.807, 2.05) is 46.9 Å². The van der Waals surface area contributed by atoms with Gasteiger partial charge in [0.2, 0.25) is 0 Å². The highest BCUT2D eigenvalue weighted by Crippen LogP contribution is 2.30. The summed E-state index contributed by atoms with van der Waals surface area (Å²) in [5, 5.41) is 0. The van der Waals surface area contributed by atoms with E-state index in [1.54, 1.807) is 6.92 Å². The van der Waals surface area contributed by atoms with E-state index in [9.17, 15) is 4.79 Å². The molecular weight excluding hydrogens is 210 g/mol. The second-order valence-corrected chi connectivity index (χ2v) is 3.57. The number of para-hydroxylation sites is 1. The zero-order chi connectivity index (χ0) is 13.4. The lowest BCUT2D eigenvalue weighted by molar-refractivity contribution is -0.118. The number of rotatable bonds is 1. The fourth-order valence-electron chi connectivity index (χ4n) is 1.96. The van der Waals surface area contributed by atoms with Crippen molar-refractivity contribution in [2.24, 2.45) is 0 Å². The van der Waals surface area contributed by atoms with E-state index >= 15 is 0 Å². The number of carbonyl (C=O) groups is 1. The van der Waals surface area contributed by atoms with E-state index in [0.717, 1.165) is 6.42 Å². The molecule has 0 spiro atoms. The summed E-state index contributed by atoms with van der Waals surface area (Å²) in [6.45, 7) is 9.66. The van der Waals surface area contributed by atoms with Gasteiger partial charge in [-0.05, 0) is 18.6 Å². The third-order valence-electron chi connectivity index (χ3n) is 2.72. The van der Waals surface area contributed by atoms with E-state index in [1.165, 1.54) is 11.3 Å². The summed E-state index contributed by atoms with van der Waals surface area (Å²) < 4.78 is 0. The van der Waals surface area contributed by atoms with Crippen LogP contribution in [0.1, 0.15) is 40.2 Å². The SMILES string of the molecule is CC.CC.CC(=O)C1Cc2ccccc2N1C. The van der Waals surface area contributed by atoms with Crippen LogP contribution < -0.4 is 4.90 Å². The van der Waals surface area contributed by atoms with Crippen LogP contribution in [0.15, 0.2) is 24.3 Å². The molecule has 96 valence electrons. The van der Waals surface area contributed by atoms with Crippen LogP contribution in [0.2, 0.25) is 0 Å². The summed E-state index contributed by atoms with van der Waals surface area (Å²) >= 11 is 0. The summed E-state index contributed by atoms with van der Waals surface area (Å²) in [6, 6.07) is 8.25. The van der Waals surface area contributed by atoms with Crippen molar-refractivity contribution in [1.29, 1.82) is 0 Å². The number of Topliss-reactive ketones (excluding diaryl/α,β-unsaturated/α-hetero) is 1. The van der Waals surface area contributed by atoms with Gasteiger partial charge in [-0.1, -0.05) is 45.9 Å². The minimum absolute atomic E-state index is 0.0531. The minimum atomic E-state index is 0.0531. The molecule has 0 amide bonds. The van der Waals surface area contributed by atoms with Crippen molar-refractivity contribution in [3.8, 4) is 0 Å². The summed E-state index contributed by atoms with van der Waals surface area (Å²) in [7, 11) is 1.98. The quantitative estimate of drug-likeness (QED) is 0.740. The maximum absolute atomic E-state index is 11.3. The van der Waals surface area contributed by atoms with Gasteiger partial charge >= 0.3 is 0 Å². The maximum Gasteiger partial charge on any atom is 0.152 e. The van der Waals surface area contributed by atoms with Crippen LogP contribution in [-0.4, -0.2) is 18.9 Å². The van der Waals surface area contributed by atoms with Crippen molar-refractivity contribution < 1.29 is 4.79 Å². The van der Waals surface area contributed by atoms with E-state index in [2.05, 4.69) is 17.0 Å². The Kier molecular flexibility index (Phi) is 7.27. The molecule has 0 aliphatic carbocycles. The van der Waals surface area contributed by atoms with Crippen molar-refractivity contribution in [3.05, 3.63) is 29.8 Å². The predicted octanol–water partition coefficient (Wildman–Crippen LogP) is 3.69. The number of hydrogen-bond donors (Lipinski definition) is 0. The summed E-state index contributed by atoms with van der Waals surface area (Å²) in [5.74, 6) is 0.249. The van der Waals surface area contributed by atoms with E-state index in [4.69, 9.17) is 0 Å². The number of nitrogens with zero attached hydrogens (tertiary/aromatic N) is 1. The fraction of sp³-hybridized carbons (Fsp3) is 0.533. The van der Waals surface area contributed by atoms with Crippen LogP contribution in [-0.2, 0) is 11.2 Å². The summed E-state index contributed by atoms with van der Waals surface area (Å²) in [5.41, 5.74) is 2.48. The van der Waals surface area contributed by atoms with Crippen LogP contribution >= 0.6 is 0 Å². The molecule has 0 fully saturated rings. The van der Waals surface area contributed by atoms with Crippen molar-refractivity contribution in [2.45, 2.75) is 47.1 Å². The Bertz CT molecular complexity index is 347. The van der Waals surface area contributed by atoms with Gasteiger partial charge in [-0.15, -0.1) is 0 Å². The zero-order valence-electron chi connectivity index (χ0n) is 11.9. The Labute approximate surface area is 106 Å². The normalized spacial score (nSPS) is 16.1. The first-order valence-electron chi connectivity index (χ1n) is 6.51. The average molecular weight is 235 g/mol. The molecule has 2 heteroatoms. The van der Waals surface area contributed by atoms with Gasteiger partial charge in [-0.2, -0.15) is 0 Å².